The van der Waals surface area contributed by atoms with Crippen molar-refractivity contribution in [2.75, 3.05) is 5.32 Å². The Morgan fingerprint density at radius 3 is 2.90 bits per heavy atom. The molecule has 1 amide bonds. The molecule has 1 aliphatic carbocycles. The summed E-state index contributed by atoms with van der Waals surface area (Å²) < 4.78 is 5.25. The Hall–Kier alpha value is -2.20. The van der Waals surface area contributed by atoms with Gasteiger partial charge in [-0.15, -0.1) is 0 Å². The molecule has 1 heterocycles. The summed E-state index contributed by atoms with van der Waals surface area (Å²) in [5.74, 6) is 0.593. The molecule has 1 aliphatic rings. The van der Waals surface area contributed by atoms with Gasteiger partial charge in [-0.05, 0) is 47.6 Å². The number of hydrogen-bond acceptors (Lipinski definition) is 3. The van der Waals surface area contributed by atoms with E-state index in [1.54, 1.807) is 0 Å². The number of nitrogens with zero attached hydrogens (tertiary/aromatic N) is 1. The zero-order valence-corrected chi connectivity index (χ0v) is 12.1. The first kappa shape index (κ1) is 12.5. The molecule has 1 N–H and O–H groups in total. The summed E-state index contributed by atoms with van der Waals surface area (Å²) in [6.07, 6.45) is 2.79. The van der Waals surface area contributed by atoms with Crippen LogP contribution in [0.5, 0.6) is 0 Å². The zero-order chi connectivity index (χ0) is 14.2. The lowest BCUT2D eigenvalue weighted by molar-refractivity contribution is -0.117. The molecule has 3 nitrogen and oxygen atoms in total. The van der Waals surface area contributed by atoms with Gasteiger partial charge in [0.05, 0.1) is 4.70 Å². The molecule has 1 fully saturated rings. The van der Waals surface area contributed by atoms with E-state index in [-0.39, 0.29) is 11.8 Å². The number of rotatable bonds is 3. The van der Waals surface area contributed by atoms with Crippen molar-refractivity contribution < 1.29 is 4.79 Å². The predicted molar refractivity (Wildman–Crippen MR) is 85.5 cm³/mol. The molecule has 0 bridgehead atoms. The molecule has 104 valence electrons. The van der Waals surface area contributed by atoms with E-state index < -0.39 is 0 Å². The van der Waals surface area contributed by atoms with Gasteiger partial charge in [-0.25, -0.2) is 0 Å². The molecule has 0 radical (unpaired) electrons. The fourth-order valence-electron chi connectivity index (χ4n) is 2.73. The van der Waals surface area contributed by atoms with Crippen LogP contribution >= 0.6 is 11.5 Å². The van der Waals surface area contributed by atoms with Crippen LogP contribution in [0.1, 0.15) is 17.9 Å². The van der Waals surface area contributed by atoms with Crippen LogP contribution < -0.4 is 5.32 Å². The van der Waals surface area contributed by atoms with Crippen LogP contribution in [0, 0.1) is 5.92 Å². The SMILES string of the molecule is O=C(Nc1ccc2cnsc2c1)C1CC1c1ccccc1. The Morgan fingerprint density at radius 2 is 2.05 bits per heavy atom. The Morgan fingerprint density at radius 1 is 1.19 bits per heavy atom. The van der Waals surface area contributed by atoms with E-state index in [0.29, 0.717) is 5.92 Å². The molecule has 1 saturated carbocycles. The first-order chi connectivity index (χ1) is 10.3. The van der Waals surface area contributed by atoms with Gasteiger partial charge in [-0.3, -0.25) is 4.79 Å². The largest absolute Gasteiger partial charge is 0.326 e. The topological polar surface area (TPSA) is 42.0 Å². The Kier molecular flexibility index (Phi) is 2.97. The number of hydrogen-bond donors (Lipinski definition) is 1. The van der Waals surface area contributed by atoms with Gasteiger partial charge in [-0.1, -0.05) is 30.3 Å². The summed E-state index contributed by atoms with van der Waals surface area (Å²) in [7, 11) is 0. The first-order valence-corrected chi connectivity index (χ1v) is 7.79. The van der Waals surface area contributed by atoms with Crippen LogP contribution in [0.2, 0.25) is 0 Å². The number of anilines is 1. The highest BCUT2D eigenvalue weighted by molar-refractivity contribution is 7.13. The Balaban J connectivity index is 1.47. The Bertz CT molecular complexity index is 797. The molecule has 1 aromatic heterocycles. The first-order valence-electron chi connectivity index (χ1n) is 7.01. The molecular formula is C17H14N2OS. The van der Waals surface area contributed by atoms with Crippen LogP contribution in [0.25, 0.3) is 10.1 Å². The predicted octanol–water partition coefficient (Wildman–Crippen LogP) is 4.04. The van der Waals surface area contributed by atoms with Crippen molar-refractivity contribution in [3.8, 4) is 0 Å². The van der Waals surface area contributed by atoms with E-state index in [2.05, 4.69) is 21.8 Å². The van der Waals surface area contributed by atoms with Gasteiger partial charge in [0.15, 0.2) is 0 Å². The number of carbonyl (C=O) groups is 1. The van der Waals surface area contributed by atoms with Crippen molar-refractivity contribution in [2.45, 2.75) is 12.3 Å². The van der Waals surface area contributed by atoms with E-state index in [9.17, 15) is 4.79 Å². The molecule has 2 unspecified atom stereocenters. The monoisotopic (exact) mass is 294 g/mol. The van der Waals surface area contributed by atoms with E-state index >= 15 is 0 Å². The van der Waals surface area contributed by atoms with Crippen LogP contribution in [-0.2, 0) is 4.79 Å². The van der Waals surface area contributed by atoms with Crippen molar-refractivity contribution in [3.05, 3.63) is 60.3 Å². The van der Waals surface area contributed by atoms with E-state index in [4.69, 9.17) is 0 Å². The lowest BCUT2D eigenvalue weighted by Gasteiger charge is -2.05. The highest BCUT2D eigenvalue weighted by Gasteiger charge is 2.43. The molecule has 4 heteroatoms. The fourth-order valence-corrected chi connectivity index (χ4v) is 3.41. The molecule has 2 atom stereocenters. The standard InChI is InChI=1S/C17H14N2OS/c20-17(15-9-14(15)11-4-2-1-3-5-11)19-13-7-6-12-10-18-21-16(12)8-13/h1-8,10,14-15H,9H2,(H,19,20). The molecule has 4 rings (SSSR count). The fraction of sp³-hybridized carbons (Fsp3) is 0.176. The summed E-state index contributed by atoms with van der Waals surface area (Å²) in [5, 5.41) is 4.14. The maximum absolute atomic E-state index is 12.3. The van der Waals surface area contributed by atoms with Crippen molar-refractivity contribution in [3.63, 3.8) is 0 Å². The minimum atomic E-state index is 0.101. The summed E-state index contributed by atoms with van der Waals surface area (Å²) >= 11 is 1.45. The smallest absolute Gasteiger partial charge is 0.228 e. The second kappa shape index (κ2) is 4.97. The lowest BCUT2D eigenvalue weighted by atomic mass is 10.1. The molecule has 2 aromatic carbocycles. The average Bonchev–Trinajstić information content (AvgIpc) is 3.19. The minimum Gasteiger partial charge on any atom is -0.326 e. The summed E-state index contributed by atoms with van der Waals surface area (Å²) in [6, 6.07) is 16.2. The second-order valence-electron chi connectivity index (χ2n) is 5.43. The van der Waals surface area contributed by atoms with E-state index in [1.165, 1.54) is 17.1 Å². The van der Waals surface area contributed by atoms with Gasteiger partial charge >= 0.3 is 0 Å². The normalized spacial score (nSPS) is 20.4. The number of amides is 1. The summed E-state index contributed by atoms with van der Waals surface area (Å²) in [4.78, 5) is 12.3. The molecule has 0 aliphatic heterocycles. The summed E-state index contributed by atoms with van der Waals surface area (Å²) in [5.41, 5.74) is 2.12. The van der Waals surface area contributed by atoms with Crippen LogP contribution in [0.4, 0.5) is 5.69 Å². The quantitative estimate of drug-likeness (QED) is 0.792. The molecule has 0 saturated heterocycles. The van der Waals surface area contributed by atoms with Crippen LogP contribution in [0.3, 0.4) is 0 Å². The van der Waals surface area contributed by atoms with E-state index in [0.717, 1.165) is 22.2 Å². The van der Waals surface area contributed by atoms with Gasteiger partial charge in [0.25, 0.3) is 0 Å². The van der Waals surface area contributed by atoms with E-state index in [1.807, 2.05) is 42.6 Å². The minimum absolute atomic E-state index is 0.101. The molecule has 0 spiro atoms. The second-order valence-corrected chi connectivity index (χ2v) is 6.26. The highest BCUT2D eigenvalue weighted by Crippen LogP contribution is 2.47. The number of carbonyl (C=O) groups excluding carboxylic acids is 1. The third-order valence-corrected chi connectivity index (χ3v) is 4.74. The van der Waals surface area contributed by atoms with Crippen molar-refractivity contribution in [1.82, 2.24) is 4.37 Å². The van der Waals surface area contributed by atoms with Crippen molar-refractivity contribution in [2.24, 2.45) is 5.92 Å². The molecular weight excluding hydrogens is 280 g/mol. The highest BCUT2D eigenvalue weighted by atomic mass is 32.1. The maximum Gasteiger partial charge on any atom is 0.228 e. The lowest BCUT2D eigenvalue weighted by Crippen LogP contribution is -2.14. The average molecular weight is 294 g/mol. The molecule has 21 heavy (non-hydrogen) atoms. The van der Waals surface area contributed by atoms with Gasteiger partial charge in [0.2, 0.25) is 5.91 Å². The zero-order valence-electron chi connectivity index (χ0n) is 11.3. The third kappa shape index (κ3) is 2.43. The van der Waals surface area contributed by atoms with Gasteiger partial charge in [0.1, 0.15) is 0 Å². The van der Waals surface area contributed by atoms with Crippen molar-refractivity contribution >= 4 is 33.2 Å². The number of aromatic nitrogens is 1. The number of fused-ring (bicyclic) bond motifs is 1. The van der Waals surface area contributed by atoms with Crippen LogP contribution in [-0.4, -0.2) is 10.3 Å². The third-order valence-electron chi connectivity index (χ3n) is 3.98. The number of nitrogens with one attached hydrogen (secondary N) is 1. The van der Waals surface area contributed by atoms with Gasteiger partial charge in [-0.2, -0.15) is 4.37 Å². The number of benzene rings is 2. The van der Waals surface area contributed by atoms with Crippen LogP contribution in [0.15, 0.2) is 54.7 Å². The molecule has 3 aromatic rings. The van der Waals surface area contributed by atoms with Gasteiger partial charge < -0.3 is 5.32 Å². The maximum atomic E-state index is 12.3. The van der Waals surface area contributed by atoms with Crippen molar-refractivity contribution in [1.29, 1.82) is 0 Å². The summed E-state index contributed by atoms with van der Waals surface area (Å²) in [6.45, 7) is 0. The Labute approximate surface area is 126 Å². The van der Waals surface area contributed by atoms with Gasteiger partial charge in [0, 0.05) is 23.2 Å².